The molecule has 27 heavy (non-hydrogen) atoms. The fraction of sp³-hybridized carbons (Fsp3) is 0.545. The molecule has 5 aliphatic rings. The van der Waals surface area contributed by atoms with Crippen molar-refractivity contribution in [3.63, 3.8) is 0 Å². The monoisotopic (exact) mass is 378 g/mol. The molecule has 0 amide bonds. The van der Waals surface area contributed by atoms with Gasteiger partial charge in [-0.25, -0.2) is 9.97 Å². The average Bonchev–Trinajstić information content (AvgIpc) is 2.65. The van der Waals surface area contributed by atoms with E-state index in [9.17, 15) is 0 Å². The Hall–Kier alpha value is -1.59. The van der Waals surface area contributed by atoms with Crippen molar-refractivity contribution in [2.75, 3.05) is 18.4 Å². The molecule has 2 aliphatic carbocycles. The van der Waals surface area contributed by atoms with E-state index in [0.29, 0.717) is 0 Å². The van der Waals surface area contributed by atoms with Crippen LogP contribution in [-0.4, -0.2) is 28.0 Å². The Kier molecular flexibility index (Phi) is 3.61. The zero-order valence-corrected chi connectivity index (χ0v) is 16.6. The van der Waals surface area contributed by atoms with E-state index in [4.69, 9.17) is 0 Å². The molecule has 4 heterocycles. The van der Waals surface area contributed by atoms with Crippen LogP contribution in [0, 0.1) is 23.2 Å². The van der Waals surface area contributed by atoms with Crippen molar-refractivity contribution in [3.8, 4) is 0 Å². The predicted octanol–water partition coefficient (Wildman–Crippen LogP) is 4.94. The van der Waals surface area contributed by atoms with Gasteiger partial charge in [0.25, 0.3) is 0 Å². The molecule has 2 saturated heterocycles. The van der Waals surface area contributed by atoms with Crippen molar-refractivity contribution < 1.29 is 0 Å². The van der Waals surface area contributed by atoms with Gasteiger partial charge < -0.3 is 5.32 Å². The molecule has 1 N–H and O–H groups in total. The summed E-state index contributed by atoms with van der Waals surface area (Å²) < 4.78 is 0. The van der Waals surface area contributed by atoms with Crippen molar-refractivity contribution in [2.24, 2.45) is 23.2 Å². The molecule has 4 fully saturated rings. The van der Waals surface area contributed by atoms with Gasteiger partial charge in [0.15, 0.2) is 5.82 Å². The molecule has 2 saturated carbocycles. The summed E-state index contributed by atoms with van der Waals surface area (Å²) in [5.41, 5.74) is 3.34. The quantitative estimate of drug-likeness (QED) is 0.699. The highest BCUT2D eigenvalue weighted by Gasteiger charge is 2.65. The zero-order chi connectivity index (χ0) is 18.0. The molecule has 1 spiro atoms. The summed E-state index contributed by atoms with van der Waals surface area (Å²) in [6, 6.07) is 6.86. The van der Waals surface area contributed by atoms with Crippen LogP contribution < -0.4 is 5.32 Å². The highest BCUT2D eigenvalue weighted by molar-refractivity contribution is 7.99. The summed E-state index contributed by atoms with van der Waals surface area (Å²) >= 11 is 1.71. The number of piperidine rings is 2. The first-order chi connectivity index (χ1) is 13.3. The van der Waals surface area contributed by atoms with Crippen molar-refractivity contribution in [3.05, 3.63) is 36.2 Å². The Balaban J connectivity index is 1.19. The van der Waals surface area contributed by atoms with E-state index in [2.05, 4.69) is 45.3 Å². The Morgan fingerprint density at radius 1 is 1.19 bits per heavy atom. The molecule has 2 atom stereocenters. The minimum Gasteiger partial charge on any atom is -0.337 e. The summed E-state index contributed by atoms with van der Waals surface area (Å²) in [4.78, 5) is 12.8. The molecule has 1 aromatic heterocycles. The fourth-order valence-electron chi connectivity index (χ4n) is 6.42. The van der Waals surface area contributed by atoms with Crippen LogP contribution in [0.5, 0.6) is 0 Å². The molecule has 3 aliphatic heterocycles. The van der Waals surface area contributed by atoms with Crippen LogP contribution in [0.25, 0.3) is 0 Å². The number of nitrogens with zero attached hydrogens (tertiary/aromatic N) is 3. The number of anilines is 2. The van der Waals surface area contributed by atoms with Gasteiger partial charge in [-0.1, -0.05) is 37.6 Å². The number of hydrogen-bond acceptors (Lipinski definition) is 5. The molecule has 2 aromatic rings. The Morgan fingerprint density at radius 2 is 2.00 bits per heavy atom. The maximum absolute atomic E-state index is 4.42. The van der Waals surface area contributed by atoms with Crippen molar-refractivity contribution in [2.45, 2.75) is 49.1 Å². The Morgan fingerprint density at radius 3 is 2.74 bits per heavy atom. The number of benzene rings is 1. The zero-order valence-electron chi connectivity index (χ0n) is 15.8. The maximum atomic E-state index is 4.42. The van der Waals surface area contributed by atoms with E-state index < -0.39 is 0 Å². The van der Waals surface area contributed by atoms with Crippen LogP contribution in [-0.2, 0) is 6.54 Å². The highest BCUT2D eigenvalue weighted by Crippen LogP contribution is 2.69. The molecule has 2 bridgehead atoms. The minimum atomic E-state index is 0.758. The van der Waals surface area contributed by atoms with Crippen LogP contribution in [0.2, 0.25) is 0 Å². The first-order valence-corrected chi connectivity index (χ1v) is 11.2. The van der Waals surface area contributed by atoms with Crippen LogP contribution in [0.15, 0.2) is 40.5 Å². The fourth-order valence-corrected chi connectivity index (χ4v) is 7.30. The number of aromatic nitrogens is 2. The van der Waals surface area contributed by atoms with Gasteiger partial charge in [-0.2, -0.15) is 0 Å². The van der Waals surface area contributed by atoms with Crippen molar-refractivity contribution in [1.82, 2.24) is 14.9 Å². The SMILES string of the molecule is CCC1C2CN(Cc3ccc4c(c3)Nc3nccnc3S4)CC1C21CCC1. The number of fused-ring (bicyclic) bond motifs is 4. The van der Waals surface area contributed by atoms with Gasteiger partial charge in [0.1, 0.15) is 5.03 Å². The second-order valence-corrected chi connectivity index (χ2v) is 9.86. The van der Waals surface area contributed by atoms with Crippen molar-refractivity contribution in [1.29, 1.82) is 0 Å². The van der Waals surface area contributed by atoms with Crippen molar-refractivity contribution >= 4 is 23.3 Å². The van der Waals surface area contributed by atoms with E-state index in [1.807, 2.05) is 0 Å². The summed E-state index contributed by atoms with van der Waals surface area (Å²) in [6.45, 7) is 6.09. The minimum absolute atomic E-state index is 0.758. The topological polar surface area (TPSA) is 41.0 Å². The lowest BCUT2D eigenvalue weighted by Gasteiger charge is -2.71. The first kappa shape index (κ1) is 16.4. The largest absolute Gasteiger partial charge is 0.337 e. The molecule has 140 valence electrons. The van der Waals surface area contributed by atoms with Gasteiger partial charge in [0.05, 0.1) is 5.69 Å². The summed E-state index contributed by atoms with van der Waals surface area (Å²) in [5, 5.41) is 4.43. The lowest BCUT2D eigenvalue weighted by atomic mass is 9.37. The van der Waals surface area contributed by atoms with Gasteiger partial charge in [-0.3, -0.25) is 4.90 Å². The second-order valence-electron chi connectivity index (χ2n) is 8.83. The standard InChI is InChI=1S/C22H26N4S/c1-2-15-16-12-26(13-17(15)22(16)6-3-7-22)11-14-4-5-19-18(10-14)25-20-21(27-19)24-9-8-23-20/h4-5,8-10,15-17H,2-3,6-7,11-13H2,1H3,(H,23,25). The molecule has 5 heteroatoms. The van der Waals surface area contributed by atoms with Gasteiger partial charge >= 0.3 is 0 Å². The molecular formula is C22H26N4S. The number of nitrogens with one attached hydrogen (secondary N) is 1. The lowest BCUT2D eigenvalue weighted by molar-refractivity contribution is -0.227. The van der Waals surface area contributed by atoms with E-state index >= 15 is 0 Å². The van der Waals surface area contributed by atoms with Gasteiger partial charge in [-0.05, 0) is 53.7 Å². The van der Waals surface area contributed by atoms with E-state index in [0.717, 1.165) is 40.6 Å². The summed E-state index contributed by atoms with van der Waals surface area (Å²) in [5.74, 6) is 3.80. The number of rotatable bonds is 3. The molecule has 2 unspecified atom stereocenters. The molecule has 7 rings (SSSR count). The molecule has 4 nitrogen and oxygen atoms in total. The summed E-state index contributed by atoms with van der Waals surface area (Å²) in [7, 11) is 0. The Bertz CT molecular complexity index is 878. The first-order valence-electron chi connectivity index (χ1n) is 10.4. The number of hydrogen-bond donors (Lipinski definition) is 1. The lowest BCUT2D eigenvalue weighted by Crippen LogP contribution is -2.69. The normalized spacial score (nSPS) is 29.9. The predicted molar refractivity (Wildman–Crippen MR) is 108 cm³/mol. The second kappa shape index (κ2) is 5.95. The van der Waals surface area contributed by atoms with Crippen LogP contribution in [0.1, 0.15) is 38.2 Å². The molecule has 0 radical (unpaired) electrons. The van der Waals surface area contributed by atoms with Gasteiger partial charge in [0, 0.05) is 36.9 Å². The smallest absolute Gasteiger partial charge is 0.163 e. The van der Waals surface area contributed by atoms with E-state index in [1.54, 1.807) is 24.2 Å². The van der Waals surface area contributed by atoms with Gasteiger partial charge in [0.2, 0.25) is 0 Å². The van der Waals surface area contributed by atoms with Crippen LogP contribution >= 0.6 is 11.8 Å². The third-order valence-corrected chi connectivity index (χ3v) is 8.82. The summed E-state index contributed by atoms with van der Waals surface area (Å²) in [6.07, 6.45) is 9.38. The molecule has 1 aromatic carbocycles. The average molecular weight is 379 g/mol. The third-order valence-electron chi connectivity index (χ3n) is 7.75. The van der Waals surface area contributed by atoms with E-state index in [-0.39, 0.29) is 0 Å². The van der Waals surface area contributed by atoms with Crippen LogP contribution in [0.4, 0.5) is 11.5 Å². The molecular weight excluding hydrogens is 352 g/mol. The highest BCUT2D eigenvalue weighted by atomic mass is 32.2. The Labute approximate surface area is 165 Å². The van der Waals surface area contributed by atoms with E-state index in [1.165, 1.54) is 54.9 Å². The maximum Gasteiger partial charge on any atom is 0.163 e. The van der Waals surface area contributed by atoms with Crippen LogP contribution in [0.3, 0.4) is 0 Å². The third kappa shape index (κ3) is 2.34. The van der Waals surface area contributed by atoms with Gasteiger partial charge in [-0.15, -0.1) is 0 Å².